The molecule has 3 nitrogen and oxygen atoms in total. The second-order valence-electron chi connectivity index (χ2n) is 5.75. The van der Waals surface area contributed by atoms with Gasteiger partial charge in [-0.3, -0.25) is 4.98 Å². The molecule has 19 heavy (non-hydrogen) atoms. The van der Waals surface area contributed by atoms with Gasteiger partial charge in [0.15, 0.2) is 0 Å². The average Bonchev–Trinajstić information content (AvgIpc) is 2.41. The molecule has 2 atom stereocenters. The third-order valence-electron chi connectivity index (χ3n) is 4.23. The Morgan fingerprint density at radius 2 is 2.11 bits per heavy atom. The summed E-state index contributed by atoms with van der Waals surface area (Å²) in [5.41, 5.74) is 9.12. The minimum Gasteiger partial charge on any atom is -0.398 e. The van der Waals surface area contributed by atoms with Gasteiger partial charge in [0.05, 0.1) is 11.2 Å². The molecule has 0 spiro atoms. The summed E-state index contributed by atoms with van der Waals surface area (Å²) in [7, 11) is 0. The van der Waals surface area contributed by atoms with E-state index < -0.39 is 0 Å². The molecule has 1 saturated heterocycles. The fraction of sp³-hybridized carbons (Fsp3) is 0.438. The summed E-state index contributed by atoms with van der Waals surface area (Å²) in [6.45, 7) is 5.76. The lowest BCUT2D eigenvalue weighted by molar-refractivity contribution is 0.378. The molecule has 3 rings (SSSR count). The molecule has 0 radical (unpaired) electrons. The number of hydrogen-bond acceptors (Lipinski definition) is 3. The lowest BCUT2D eigenvalue weighted by atomic mass is 9.92. The summed E-state index contributed by atoms with van der Waals surface area (Å²) in [4.78, 5) is 7.03. The van der Waals surface area contributed by atoms with Crippen LogP contribution < -0.4 is 10.6 Å². The molecule has 1 aliphatic heterocycles. The number of hydrogen-bond donors (Lipinski definition) is 1. The van der Waals surface area contributed by atoms with Crippen LogP contribution in [0.15, 0.2) is 30.5 Å². The van der Waals surface area contributed by atoms with E-state index in [2.05, 4.69) is 35.9 Å². The Morgan fingerprint density at radius 3 is 2.89 bits per heavy atom. The smallest absolute Gasteiger partial charge is 0.0956 e. The molecule has 3 heteroatoms. The van der Waals surface area contributed by atoms with Crippen molar-refractivity contribution in [2.75, 3.05) is 17.2 Å². The number of piperidine rings is 1. The zero-order valence-corrected chi connectivity index (χ0v) is 11.6. The van der Waals surface area contributed by atoms with E-state index in [1.54, 1.807) is 0 Å². The lowest BCUT2D eigenvalue weighted by Crippen LogP contribution is -2.40. The number of nitrogens with two attached hydrogens (primary N) is 1. The van der Waals surface area contributed by atoms with Crippen molar-refractivity contribution < 1.29 is 0 Å². The van der Waals surface area contributed by atoms with E-state index in [9.17, 15) is 0 Å². The highest BCUT2D eigenvalue weighted by Crippen LogP contribution is 2.34. The Bertz CT molecular complexity index is 594. The topological polar surface area (TPSA) is 42.1 Å². The van der Waals surface area contributed by atoms with Crippen molar-refractivity contribution in [2.24, 2.45) is 5.92 Å². The van der Waals surface area contributed by atoms with Crippen molar-refractivity contribution >= 4 is 22.3 Å². The second kappa shape index (κ2) is 4.72. The van der Waals surface area contributed by atoms with Crippen molar-refractivity contribution in [1.29, 1.82) is 0 Å². The number of nitrogen functional groups attached to an aromatic ring is 1. The minimum atomic E-state index is 0.567. The van der Waals surface area contributed by atoms with Crippen molar-refractivity contribution in [1.82, 2.24) is 4.98 Å². The van der Waals surface area contributed by atoms with Crippen LogP contribution in [0.5, 0.6) is 0 Å². The molecule has 2 unspecified atom stereocenters. The van der Waals surface area contributed by atoms with Gasteiger partial charge < -0.3 is 10.6 Å². The van der Waals surface area contributed by atoms with Crippen LogP contribution in [0.3, 0.4) is 0 Å². The third-order valence-corrected chi connectivity index (χ3v) is 4.23. The number of benzene rings is 1. The molecule has 1 aliphatic rings. The first-order valence-electron chi connectivity index (χ1n) is 7.06. The van der Waals surface area contributed by atoms with Gasteiger partial charge in [0, 0.05) is 29.9 Å². The molecule has 1 aromatic heterocycles. The van der Waals surface area contributed by atoms with Gasteiger partial charge in [0.1, 0.15) is 0 Å². The molecule has 0 aliphatic carbocycles. The maximum absolute atomic E-state index is 6.05. The number of anilines is 2. The number of fused-ring (bicyclic) bond motifs is 1. The molecule has 1 aromatic carbocycles. The first-order valence-corrected chi connectivity index (χ1v) is 7.06. The predicted octanol–water partition coefficient (Wildman–Crippen LogP) is 3.44. The zero-order valence-electron chi connectivity index (χ0n) is 11.6. The highest BCUT2D eigenvalue weighted by Gasteiger charge is 2.24. The summed E-state index contributed by atoms with van der Waals surface area (Å²) in [6, 6.07) is 8.70. The van der Waals surface area contributed by atoms with E-state index in [0.29, 0.717) is 6.04 Å². The Kier molecular flexibility index (Phi) is 3.05. The van der Waals surface area contributed by atoms with Crippen molar-refractivity contribution in [2.45, 2.75) is 32.7 Å². The highest BCUT2D eigenvalue weighted by atomic mass is 15.2. The molecular weight excluding hydrogens is 234 g/mol. The second-order valence-corrected chi connectivity index (χ2v) is 5.75. The van der Waals surface area contributed by atoms with Gasteiger partial charge in [-0.25, -0.2) is 0 Å². The molecule has 100 valence electrons. The Hall–Kier alpha value is -1.77. The van der Waals surface area contributed by atoms with Crippen LogP contribution in [0.2, 0.25) is 0 Å². The van der Waals surface area contributed by atoms with Crippen LogP contribution >= 0.6 is 0 Å². The van der Waals surface area contributed by atoms with Crippen LogP contribution in [0.4, 0.5) is 11.4 Å². The quantitative estimate of drug-likeness (QED) is 0.794. The maximum atomic E-state index is 6.05. The van der Waals surface area contributed by atoms with Crippen molar-refractivity contribution in [3.63, 3.8) is 0 Å². The highest BCUT2D eigenvalue weighted by molar-refractivity contribution is 5.98. The fourth-order valence-electron chi connectivity index (χ4n) is 3.18. The van der Waals surface area contributed by atoms with Crippen LogP contribution in [-0.2, 0) is 0 Å². The first kappa shape index (κ1) is 12.3. The van der Waals surface area contributed by atoms with E-state index in [-0.39, 0.29) is 0 Å². The summed E-state index contributed by atoms with van der Waals surface area (Å²) in [6.07, 6.45) is 4.35. The summed E-state index contributed by atoms with van der Waals surface area (Å²) in [5, 5.41) is 1.06. The molecule has 1 fully saturated rings. The zero-order chi connectivity index (χ0) is 13.4. The van der Waals surface area contributed by atoms with E-state index in [0.717, 1.165) is 29.1 Å². The standard InChI is InChI=1S/C16H21N3/c1-11-7-9-19(12(2)10-11)15-6-5-14(17)13-4-3-8-18-16(13)15/h3-6,8,11-12H,7,9-10,17H2,1-2H3. The molecule has 2 N–H and O–H groups in total. The normalized spacial score (nSPS) is 23.8. The summed E-state index contributed by atoms with van der Waals surface area (Å²) in [5.74, 6) is 0.819. The van der Waals surface area contributed by atoms with Gasteiger partial charge in [-0.2, -0.15) is 0 Å². The minimum absolute atomic E-state index is 0.567. The van der Waals surface area contributed by atoms with Crippen LogP contribution in [0.1, 0.15) is 26.7 Å². The van der Waals surface area contributed by atoms with E-state index in [4.69, 9.17) is 5.73 Å². The first-order chi connectivity index (χ1) is 9.16. The summed E-state index contributed by atoms with van der Waals surface area (Å²) < 4.78 is 0. The third kappa shape index (κ3) is 2.14. The van der Waals surface area contributed by atoms with Gasteiger partial charge in [-0.15, -0.1) is 0 Å². The maximum Gasteiger partial charge on any atom is 0.0956 e. The van der Waals surface area contributed by atoms with E-state index >= 15 is 0 Å². The lowest BCUT2D eigenvalue weighted by Gasteiger charge is -2.38. The number of nitrogens with zero attached hydrogens (tertiary/aromatic N) is 2. The van der Waals surface area contributed by atoms with Gasteiger partial charge in [0.2, 0.25) is 0 Å². The fourth-order valence-corrected chi connectivity index (χ4v) is 3.18. The van der Waals surface area contributed by atoms with E-state index in [1.165, 1.54) is 18.5 Å². The SMILES string of the molecule is CC1CCN(c2ccc(N)c3cccnc23)C(C)C1. The number of pyridine rings is 1. The number of rotatable bonds is 1. The molecule has 0 bridgehead atoms. The van der Waals surface area contributed by atoms with Crippen LogP contribution in [0.25, 0.3) is 10.9 Å². The van der Waals surface area contributed by atoms with E-state index in [1.807, 2.05) is 18.3 Å². The van der Waals surface area contributed by atoms with Gasteiger partial charge in [0.25, 0.3) is 0 Å². The molecule has 0 saturated carbocycles. The molecule has 0 amide bonds. The Morgan fingerprint density at radius 1 is 1.26 bits per heavy atom. The average molecular weight is 255 g/mol. The molecule has 2 aromatic rings. The largest absolute Gasteiger partial charge is 0.398 e. The Balaban J connectivity index is 2.08. The monoisotopic (exact) mass is 255 g/mol. The van der Waals surface area contributed by atoms with Crippen molar-refractivity contribution in [3.05, 3.63) is 30.5 Å². The van der Waals surface area contributed by atoms with Gasteiger partial charge in [-0.05, 0) is 49.9 Å². The number of aromatic nitrogens is 1. The Labute approximate surface area is 114 Å². The van der Waals surface area contributed by atoms with Gasteiger partial charge in [-0.1, -0.05) is 6.92 Å². The van der Waals surface area contributed by atoms with Crippen LogP contribution in [-0.4, -0.2) is 17.6 Å². The summed E-state index contributed by atoms with van der Waals surface area (Å²) >= 11 is 0. The van der Waals surface area contributed by atoms with Crippen molar-refractivity contribution in [3.8, 4) is 0 Å². The molecule has 2 heterocycles. The predicted molar refractivity (Wildman–Crippen MR) is 81.4 cm³/mol. The van der Waals surface area contributed by atoms with Crippen LogP contribution in [0, 0.1) is 5.92 Å². The molecular formula is C16H21N3. The van der Waals surface area contributed by atoms with Gasteiger partial charge >= 0.3 is 0 Å².